The third-order valence-electron chi connectivity index (χ3n) is 5.65. The molecule has 150 valence electrons. The molecule has 0 amide bonds. The van der Waals surface area contributed by atoms with E-state index in [4.69, 9.17) is 9.52 Å². The molecule has 0 bridgehead atoms. The number of rotatable bonds is 2. The van der Waals surface area contributed by atoms with E-state index in [1.54, 1.807) is 10.7 Å². The van der Waals surface area contributed by atoms with Crippen molar-refractivity contribution in [3.8, 4) is 11.4 Å². The van der Waals surface area contributed by atoms with Gasteiger partial charge in [0.05, 0.1) is 11.3 Å². The monoisotopic (exact) mass is 464 g/mol. The van der Waals surface area contributed by atoms with Gasteiger partial charge < -0.3 is 14.7 Å². The van der Waals surface area contributed by atoms with E-state index in [0.717, 1.165) is 47.1 Å². The van der Waals surface area contributed by atoms with E-state index in [1.807, 2.05) is 30.5 Å². The first-order valence-corrected chi connectivity index (χ1v) is 10.6. The molecule has 0 spiro atoms. The highest BCUT2D eigenvalue weighted by atomic mass is 79.9. The fourth-order valence-electron chi connectivity index (χ4n) is 4.10. The Morgan fingerprint density at radius 3 is 2.93 bits per heavy atom. The summed E-state index contributed by atoms with van der Waals surface area (Å²) in [5, 5.41) is 8.91. The first-order chi connectivity index (χ1) is 14.7. The van der Waals surface area contributed by atoms with E-state index in [2.05, 4.69) is 36.2 Å². The van der Waals surface area contributed by atoms with Crippen molar-refractivity contribution in [1.29, 1.82) is 0 Å². The summed E-state index contributed by atoms with van der Waals surface area (Å²) >= 11 is 3.47. The summed E-state index contributed by atoms with van der Waals surface area (Å²) < 4.78 is 8.36. The van der Waals surface area contributed by atoms with Crippen LogP contribution in [0.4, 0.5) is 0 Å². The van der Waals surface area contributed by atoms with Gasteiger partial charge in [0.2, 0.25) is 5.58 Å². The smallest absolute Gasteiger partial charge is 0.294 e. The Balaban J connectivity index is 1.48. The van der Waals surface area contributed by atoms with Gasteiger partial charge >= 0.3 is 0 Å². The largest absolute Gasteiger partial charge is 0.449 e. The molecule has 1 aliphatic heterocycles. The maximum absolute atomic E-state index is 12.7. The van der Waals surface area contributed by atoms with Crippen LogP contribution in [0.5, 0.6) is 0 Å². The summed E-state index contributed by atoms with van der Waals surface area (Å²) in [6.07, 6.45) is 5.72. The highest BCUT2D eigenvalue weighted by molar-refractivity contribution is 9.10. The summed E-state index contributed by atoms with van der Waals surface area (Å²) in [4.78, 5) is 24.7. The molecular weight excluding hydrogens is 448 g/mol. The molecule has 6 rings (SSSR count). The van der Waals surface area contributed by atoms with Crippen LogP contribution in [0.15, 0.2) is 50.3 Å². The lowest BCUT2D eigenvalue weighted by Gasteiger charge is -2.20. The van der Waals surface area contributed by atoms with Crippen LogP contribution in [0, 0.1) is 0 Å². The second-order valence-corrected chi connectivity index (χ2v) is 8.49. The molecule has 1 aromatic carbocycles. The molecule has 5 aromatic rings. The number of benzene rings is 1. The van der Waals surface area contributed by atoms with Crippen molar-refractivity contribution in [3.05, 3.63) is 57.2 Å². The van der Waals surface area contributed by atoms with Crippen molar-refractivity contribution in [2.45, 2.75) is 18.8 Å². The Hall–Kier alpha value is -3.04. The van der Waals surface area contributed by atoms with Crippen LogP contribution < -0.4 is 10.9 Å². The van der Waals surface area contributed by atoms with Gasteiger partial charge in [0, 0.05) is 34.2 Å². The Morgan fingerprint density at radius 2 is 2.07 bits per heavy atom. The van der Waals surface area contributed by atoms with Gasteiger partial charge in [-0.1, -0.05) is 15.9 Å². The van der Waals surface area contributed by atoms with E-state index >= 15 is 0 Å². The number of furan rings is 1. The van der Waals surface area contributed by atoms with Crippen LogP contribution >= 0.6 is 15.9 Å². The fraction of sp³-hybridized carbons (Fsp3) is 0.238. The second-order valence-electron chi connectivity index (χ2n) is 7.57. The van der Waals surface area contributed by atoms with Crippen molar-refractivity contribution in [2.24, 2.45) is 0 Å². The molecule has 0 saturated carbocycles. The standard InChI is InChI=1S/C21H17BrN6O2/c22-13-1-2-16-14(7-13)18-19(30-16)21(29)26-20(25-18)12-9-24-17-8-15(27-28(17)10-12)11-3-5-23-6-4-11/h1-2,7-11,23H,3-6H2,(H,25,26,29). The number of hydrogen-bond acceptors (Lipinski definition) is 6. The summed E-state index contributed by atoms with van der Waals surface area (Å²) in [7, 11) is 0. The van der Waals surface area contributed by atoms with Crippen LogP contribution in [0.25, 0.3) is 39.1 Å². The van der Waals surface area contributed by atoms with Gasteiger partial charge in [-0.15, -0.1) is 0 Å². The average molecular weight is 465 g/mol. The van der Waals surface area contributed by atoms with Crippen LogP contribution in [0.2, 0.25) is 0 Å². The lowest BCUT2D eigenvalue weighted by Crippen LogP contribution is -2.26. The maximum Gasteiger partial charge on any atom is 0.294 e. The maximum atomic E-state index is 12.7. The molecule has 5 heterocycles. The molecule has 1 fully saturated rings. The van der Waals surface area contributed by atoms with E-state index in [0.29, 0.717) is 28.4 Å². The molecule has 9 heteroatoms. The number of nitrogens with zero attached hydrogens (tertiary/aromatic N) is 4. The molecule has 1 saturated heterocycles. The summed E-state index contributed by atoms with van der Waals surface area (Å²) in [5.74, 6) is 0.880. The highest BCUT2D eigenvalue weighted by Crippen LogP contribution is 2.29. The zero-order valence-corrected chi connectivity index (χ0v) is 17.4. The summed E-state index contributed by atoms with van der Waals surface area (Å²) in [6, 6.07) is 7.63. The SMILES string of the molecule is O=c1[nH]c(-c2cnc3cc(C4CCNCC4)nn3c2)nc2c1oc1ccc(Br)cc12. The first-order valence-electron chi connectivity index (χ1n) is 9.84. The number of nitrogens with one attached hydrogen (secondary N) is 2. The van der Waals surface area contributed by atoms with Gasteiger partial charge in [-0.25, -0.2) is 14.5 Å². The predicted octanol–water partition coefficient (Wildman–Crippen LogP) is 3.61. The van der Waals surface area contributed by atoms with Crippen molar-refractivity contribution >= 4 is 43.6 Å². The highest BCUT2D eigenvalue weighted by Gasteiger charge is 2.19. The van der Waals surface area contributed by atoms with Crippen molar-refractivity contribution in [1.82, 2.24) is 29.9 Å². The molecule has 0 unspecified atom stereocenters. The molecule has 0 radical (unpaired) electrons. The van der Waals surface area contributed by atoms with E-state index in [1.165, 1.54) is 0 Å². The number of aromatic nitrogens is 5. The van der Waals surface area contributed by atoms with Crippen molar-refractivity contribution in [2.75, 3.05) is 13.1 Å². The first kappa shape index (κ1) is 17.8. The predicted molar refractivity (Wildman–Crippen MR) is 117 cm³/mol. The van der Waals surface area contributed by atoms with E-state index in [9.17, 15) is 4.79 Å². The zero-order chi connectivity index (χ0) is 20.2. The normalized spacial score (nSPS) is 15.5. The van der Waals surface area contributed by atoms with Crippen LogP contribution in [-0.2, 0) is 0 Å². The fourth-order valence-corrected chi connectivity index (χ4v) is 4.46. The Morgan fingerprint density at radius 1 is 1.20 bits per heavy atom. The summed E-state index contributed by atoms with van der Waals surface area (Å²) in [5.41, 5.74) is 3.58. The number of piperidine rings is 1. The molecular formula is C21H17BrN6O2. The molecule has 30 heavy (non-hydrogen) atoms. The van der Waals surface area contributed by atoms with Crippen LogP contribution in [0.3, 0.4) is 0 Å². The van der Waals surface area contributed by atoms with E-state index in [-0.39, 0.29) is 11.1 Å². The Bertz CT molecular complexity index is 1480. The minimum absolute atomic E-state index is 0.216. The topological polar surface area (TPSA) is 101 Å². The number of aromatic amines is 1. The third kappa shape index (κ3) is 2.85. The molecule has 1 aliphatic rings. The number of hydrogen-bond donors (Lipinski definition) is 2. The third-order valence-corrected chi connectivity index (χ3v) is 6.14. The molecule has 2 N–H and O–H groups in total. The van der Waals surface area contributed by atoms with Crippen LogP contribution in [-0.4, -0.2) is 37.7 Å². The number of halogens is 1. The minimum atomic E-state index is -0.321. The van der Waals surface area contributed by atoms with Gasteiger partial charge in [-0.2, -0.15) is 5.10 Å². The van der Waals surface area contributed by atoms with Crippen molar-refractivity contribution < 1.29 is 4.42 Å². The molecule has 0 atom stereocenters. The molecule has 0 aliphatic carbocycles. The molecule has 4 aromatic heterocycles. The lowest BCUT2D eigenvalue weighted by molar-refractivity contribution is 0.452. The zero-order valence-electron chi connectivity index (χ0n) is 15.9. The van der Waals surface area contributed by atoms with Gasteiger partial charge in [-0.05, 0) is 44.1 Å². The quantitative estimate of drug-likeness (QED) is 0.413. The van der Waals surface area contributed by atoms with Gasteiger partial charge in [0.25, 0.3) is 5.56 Å². The number of fused-ring (bicyclic) bond motifs is 4. The number of H-pyrrole nitrogens is 1. The van der Waals surface area contributed by atoms with Crippen molar-refractivity contribution in [3.63, 3.8) is 0 Å². The van der Waals surface area contributed by atoms with Gasteiger partial charge in [0.15, 0.2) is 5.65 Å². The van der Waals surface area contributed by atoms with Gasteiger partial charge in [-0.3, -0.25) is 4.79 Å². The summed E-state index contributed by atoms with van der Waals surface area (Å²) in [6.45, 7) is 2.02. The minimum Gasteiger partial charge on any atom is -0.449 e. The average Bonchev–Trinajstić information content (AvgIpc) is 3.35. The van der Waals surface area contributed by atoms with Gasteiger partial charge in [0.1, 0.15) is 16.9 Å². The Kier molecular flexibility index (Phi) is 4.00. The molecule has 8 nitrogen and oxygen atoms in total. The Labute approximate surface area is 178 Å². The lowest BCUT2D eigenvalue weighted by atomic mass is 9.95. The van der Waals surface area contributed by atoms with Crippen LogP contribution in [0.1, 0.15) is 24.5 Å². The second kappa shape index (κ2) is 6.75. The van der Waals surface area contributed by atoms with E-state index < -0.39 is 0 Å².